The Balaban J connectivity index is 3.28. The van der Waals surface area contributed by atoms with Gasteiger partial charge in [-0.2, -0.15) is 0 Å². The number of hydrogen-bond acceptors (Lipinski definition) is 2. The van der Waals surface area contributed by atoms with Crippen LogP contribution in [-0.2, 0) is 0 Å². The topological polar surface area (TPSA) is 32.3 Å². The highest BCUT2D eigenvalue weighted by Gasteiger charge is 2.09. The number of aliphatic hydroxyl groups excluding tert-OH is 1. The van der Waals surface area contributed by atoms with E-state index in [9.17, 15) is 0 Å². The van der Waals surface area contributed by atoms with Crippen LogP contribution in [0.15, 0.2) is 0 Å². The molecule has 0 unspecified atom stereocenters. The molecule has 0 aromatic heterocycles. The third kappa shape index (κ3) is 7.03. The Morgan fingerprint density at radius 1 is 1.15 bits per heavy atom. The fourth-order valence-corrected chi connectivity index (χ4v) is 1.35. The van der Waals surface area contributed by atoms with Gasteiger partial charge in [-0.1, -0.05) is 40.0 Å². The Kier molecular flexibility index (Phi) is 8.46. The van der Waals surface area contributed by atoms with E-state index in [1.807, 2.05) is 0 Å². The number of unbranched alkanes of at least 4 members (excludes halogenated alkanes) is 3. The van der Waals surface area contributed by atoms with E-state index in [4.69, 9.17) is 5.11 Å². The first-order valence-corrected chi connectivity index (χ1v) is 5.56. The van der Waals surface area contributed by atoms with E-state index in [1.165, 1.54) is 25.7 Å². The van der Waals surface area contributed by atoms with Crippen molar-refractivity contribution in [2.24, 2.45) is 5.92 Å². The number of nitrogens with one attached hydrogen (secondary N) is 1. The highest BCUT2D eigenvalue weighted by molar-refractivity contribution is 4.68. The molecule has 13 heavy (non-hydrogen) atoms. The number of hydrogen-bond donors (Lipinski definition) is 2. The van der Waals surface area contributed by atoms with Gasteiger partial charge in [0.1, 0.15) is 0 Å². The van der Waals surface area contributed by atoms with E-state index in [0.29, 0.717) is 5.92 Å². The second-order valence-electron chi connectivity index (χ2n) is 4.05. The Labute approximate surface area is 82.7 Å². The Morgan fingerprint density at radius 2 is 1.85 bits per heavy atom. The molecule has 0 aromatic rings. The van der Waals surface area contributed by atoms with Crippen LogP contribution in [-0.4, -0.2) is 24.3 Å². The van der Waals surface area contributed by atoms with Crippen LogP contribution in [0.25, 0.3) is 0 Å². The van der Waals surface area contributed by atoms with E-state index in [-0.39, 0.29) is 12.6 Å². The molecule has 2 heteroatoms. The molecule has 0 bridgehead atoms. The first-order valence-electron chi connectivity index (χ1n) is 5.56. The summed E-state index contributed by atoms with van der Waals surface area (Å²) in [6.07, 6.45) is 5.15. The molecule has 2 N–H and O–H groups in total. The first kappa shape index (κ1) is 12.9. The molecular weight excluding hydrogens is 162 g/mol. The molecule has 0 saturated heterocycles. The number of aliphatic hydroxyl groups is 1. The lowest BCUT2D eigenvalue weighted by Gasteiger charge is -2.19. The van der Waals surface area contributed by atoms with Crippen molar-refractivity contribution in [3.8, 4) is 0 Å². The largest absolute Gasteiger partial charge is 0.395 e. The average Bonchev–Trinajstić information content (AvgIpc) is 2.10. The van der Waals surface area contributed by atoms with Crippen molar-refractivity contribution in [3.05, 3.63) is 0 Å². The smallest absolute Gasteiger partial charge is 0.0587 e. The zero-order valence-corrected chi connectivity index (χ0v) is 9.34. The zero-order valence-electron chi connectivity index (χ0n) is 9.34. The van der Waals surface area contributed by atoms with Crippen molar-refractivity contribution in [1.82, 2.24) is 5.32 Å². The van der Waals surface area contributed by atoms with E-state index >= 15 is 0 Å². The van der Waals surface area contributed by atoms with Crippen LogP contribution in [0.4, 0.5) is 0 Å². The van der Waals surface area contributed by atoms with Gasteiger partial charge >= 0.3 is 0 Å². The van der Waals surface area contributed by atoms with Crippen molar-refractivity contribution in [2.75, 3.05) is 13.2 Å². The lowest BCUT2D eigenvalue weighted by molar-refractivity contribution is 0.210. The van der Waals surface area contributed by atoms with Crippen molar-refractivity contribution < 1.29 is 5.11 Å². The molecule has 0 aliphatic heterocycles. The molecule has 0 aromatic carbocycles. The van der Waals surface area contributed by atoms with Crippen molar-refractivity contribution in [1.29, 1.82) is 0 Å². The number of rotatable bonds is 8. The Hall–Kier alpha value is -0.0800. The summed E-state index contributed by atoms with van der Waals surface area (Å²) < 4.78 is 0. The minimum atomic E-state index is 0.255. The molecule has 0 heterocycles. The molecule has 0 fully saturated rings. The molecule has 2 nitrogen and oxygen atoms in total. The van der Waals surface area contributed by atoms with E-state index in [2.05, 4.69) is 26.1 Å². The van der Waals surface area contributed by atoms with Crippen LogP contribution in [0, 0.1) is 5.92 Å². The summed E-state index contributed by atoms with van der Waals surface area (Å²) in [7, 11) is 0. The zero-order chi connectivity index (χ0) is 10.1. The summed E-state index contributed by atoms with van der Waals surface area (Å²) in [4.78, 5) is 0. The Bertz CT molecular complexity index is 104. The molecule has 0 radical (unpaired) electrons. The molecular formula is C11H25NO. The summed E-state index contributed by atoms with van der Waals surface area (Å²) >= 11 is 0. The van der Waals surface area contributed by atoms with Crippen LogP contribution >= 0.6 is 0 Å². The standard InChI is InChI=1S/C11H25NO/c1-4-5-6-7-8-12-11(9-13)10(2)3/h10-13H,4-9H2,1-3H3/t11-/m1/s1. The van der Waals surface area contributed by atoms with Crippen LogP contribution in [0.2, 0.25) is 0 Å². The van der Waals surface area contributed by atoms with Gasteiger partial charge in [-0.05, 0) is 18.9 Å². The summed E-state index contributed by atoms with van der Waals surface area (Å²) in [5.74, 6) is 0.524. The van der Waals surface area contributed by atoms with Crippen LogP contribution in [0.1, 0.15) is 46.5 Å². The third-order valence-electron chi connectivity index (χ3n) is 2.44. The normalized spacial score (nSPS) is 13.6. The average molecular weight is 187 g/mol. The van der Waals surface area contributed by atoms with Crippen molar-refractivity contribution >= 4 is 0 Å². The van der Waals surface area contributed by atoms with Gasteiger partial charge in [-0.3, -0.25) is 0 Å². The van der Waals surface area contributed by atoms with Gasteiger partial charge in [0.25, 0.3) is 0 Å². The van der Waals surface area contributed by atoms with Crippen LogP contribution in [0.5, 0.6) is 0 Å². The van der Waals surface area contributed by atoms with Gasteiger partial charge in [-0.25, -0.2) is 0 Å². The van der Waals surface area contributed by atoms with Crippen LogP contribution < -0.4 is 5.32 Å². The van der Waals surface area contributed by atoms with Crippen LogP contribution in [0.3, 0.4) is 0 Å². The SMILES string of the molecule is CCCCCCN[C@H](CO)C(C)C. The lowest BCUT2D eigenvalue weighted by atomic mass is 10.1. The molecule has 0 rings (SSSR count). The molecule has 0 spiro atoms. The van der Waals surface area contributed by atoms with E-state index in [1.54, 1.807) is 0 Å². The minimum Gasteiger partial charge on any atom is -0.395 e. The highest BCUT2D eigenvalue weighted by atomic mass is 16.3. The molecule has 80 valence electrons. The molecule has 0 aliphatic rings. The van der Waals surface area contributed by atoms with Gasteiger partial charge in [0.2, 0.25) is 0 Å². The third-order valence-corrected chi connectivity index (χ3v) is 2.44. The molecule has 1 atom stereocenters. The fraction of sp³-hybridized carbons (Fsp3) is 1.00. The molecule has 0 saturated carbocycles. The second-order valence-corrected chi connectivity index (χ2v) is 4.05. The van der Waals surface area contributed by atoms with Crippen molar-refractivity contribution in [2.45, 2.75) is 52.5 Å². The lowest BCUT2D eigenvalue weighted by Crippen LogP contribution is -2.37. The maximum atomic E-state index is 9.04. The summed E-state index contributed by atoms with van der Waals surface area (Å²) in [5.41, 5.74) is 0. The van der Waals surface area contributed by atoms with Crippen molar-refractivity contribution in [3.63, 3.8) is 0 Å². The first-order chi connectivity index (χ1) is 6.22. The fourth-order valence-electron chi connectivity index (χ4n) is 1.35. The highest BCUT2D eigenvalue weighted by Crippen LogP contribution is 2.02. The maximum Gasteiger partial charge on any atom is 0.0587 e. The summed E-state index contributed by atoms with van der Waals surface area (Å²) in [6.45, 7) is 7.80. The van der Waals surface area contributed by atoms with Gasteiger partial charge < -0.3 is 10.4 Å². The van der Waals surface area contributed by atoms with Gasteiger partial charge in [-0.15, -0.1) is 0 Å². The van der Waals surface area contributed by atoms with Gasteiger partial charge in [0.15, 0.2) is 0 Å². The van der Waals surface area contributed by atoms with Gasteiger partial charge in [0, 0.05) is 6.04 Å². The Morgan fingerprint density at radius 3 is 2.31 bits per heavy atom. The molecule has 0 aliphatic carbocycles. The predicted octanol–water partition coefficient (Wildman–Crippen LogP) is 2.17. The second kappa shape index (κ2) is 8.52. The quantitative estimate of drug-likeness (QED) is 0.571. The maximum absolute atomic E-state index is 9.04. The summed E-state index contributed by atoms with van der Waals surface area (Å²) in [6, 6.07) is 0.279. The summed E-state index contributed by atoms with van der Waals surface area (Å²) in [5, 5.41) is 12.4. The predicted molar refractivity (Wildman–Crippen MR) is 57.9 cm³/mol. The van der Waals surface area contributed by atoms with Gasteiger partial charge in [0.05, 0.1) is 6.61 Å². The molecule has 0 amide bonds. The monoisotopic (exact) mass is 187 g/mol. The van der Waals surface area contributed by atoms with E-state index in [0.717, 1.165) is 6.54 Å². The minimum absolute atomic E-state index is 0.255. The van der Waals surface area contributed by atoms with E-state index < -0.39 is 0 Å².